The zero-order valence-electron chi connectivity index (χ0n) is 16.7. The minimum Gasteiger partial charge on any atom is -0.444 e. The molecule has 27 heavy (non-hydrogen) atoms. The lowest BCUT2D eigenvalue weighted by atomic mass is 9.85. The van der Waals surface area contributed by atoms with Crippen LogP contribution in [0.4, 0.5) is 9.59 Å². The van der Waals surface area contributed by atoms with Gasteiger partial charge in [-0.1, -0.05) is 20.8 Å². The molecule has 10 heteroatoms. The molecule has 4 amide bonds. The summed E-state index contributed by atoms with van der Waals surface area (Å²) in [4.78, 5) is 49.3. The average Bonchev–Trinajstić information content (AvgIpc) is 2.84. The first-order valence-corrected chi connectivity index (χ1v) is 8.67. The number of nitrogens with one attached hydrogen (secondary N) is 1. The average molecular weight is 386 g/mol. The van der Waals surface area contributed by atoms with E-state index in [1.54, 1.807) is 41.5 Å². The normalized spacial score (nSPS) is 21.3. The van der Waals surface area contributed by atoms with E-state index < -0.39 is 53.2 Å². The molecule has 0 unspecified atom stereocenters. The number of ether oxygens (including phenoxy) is 2. The fourth-order valence-corrected chi connectivity index (χ4v) is 2.80. The van der Waals surface area contributed by atoms with Gasteiger partial charge < -0.3 is 31.2 Å². The highest BCUT2D eigenvalue weighted by Crippen LogP contribution is 2.27. The maximum atomic E-state index is 13.1. The van der Waals surface area contributed by atoms with Gasteiger partial charge >= 0.3 is 12.2 Å². The molecule has 0 aromatic heterocycles. The summed E-state index contributed by atoms with van der Waals surface area (Å²) in [5, 5.41) is 2.57. The number of alkyl carbamates (subject to hydrolysis) is 1. The van der Waals surface area contributed by atoms with E-state index in [9.17, 15) is 19.2 Å². The summed E-state index contributed by atoms with van der Waals surface area (Å²) in [5.74, 6) is -1.25. The summed E-state index contributed by atoms with van der Waals surface area (Å²) in [6.07, 6.45) is -2.45. The Morgan fingerprint density at radius 3 is 2.04 bits per heavy atom. The van der Waals surface area contributed by atoms with Crippen molar-refractivity contribution in [2.75, 3.05) is 6.54 Å². The van der Waals surface area contributed by atoms with Crippen LogP contribution in [0.3, 0.4) is 0 Å². The van der Waals surface area contributed by atoms with Crippen molar-refractivity contribution in [1.29, 1.82) is 0 Å². The van der Waals surface area contributed by atoms with E-state index in [-0.39, 0.29) is 13.0 Å². The van der Waals surface area contributed by atoms with Crippen molar-refractivity contribution in [3.63, 3.8) is 0 Å². The van der Waals surface area contributed by atoms with Crippen LogP contribution < -0.4 is 16.8 Å². The highest BCUT2D eigenvalue weighted by molar-refractivity contribution is 5.92. The lowest BCUT2D eigenvalue weighted by Gasteiger charge is -2.35. The first kappa shape index (κ1) is 22.5. The third-order valence-corrected chi connectivity index (χ3v) is 3.93. The second-order valence-electron chi connectivity index (χ2n) is 8.65. The molecule has 0 bridgehead atoms. The zero-order valence-corrected chi connectivity index (χ0v) is 16.7. The lowest BCUT2D eigenvalue weighted by Crippen LogP contribution is -2.58. The molecule has 1 heterocycles. The quantitative estimate of drug-likeness (QED) is 0.638. The summed E-state index contributed by atoms with van der Waals surface area (Å²) >= 11 is 0. The molecule has 3 atom stereocenters. The number of rotatable bonds is 4. The van der Waals surface area contributed by atoms with Crippen LogP contribution in [0.25, 0.3) is 0 Å². The second kappa shape index (κ2) is 8.01. The van der Waals surface area contributed by atoms with Crippen molar-refractivity contribution >= 4 is 24.0 Å². The highest BCUT2D eigenvalue weighted by Gasteiger charge is 2.45. The van der Waals surface area contributed by atoms with Crippen LogP contribution in [0.2, 0.25) is 0 Å². The van der Waals surface area contributed by atoms with E-state index in [1.807, 2.05) is 0 Å². The lowest BCUT2D eigenvalue weighted by molar-refractivity contribution is -0.141. The van der Waals surface area contributed by atoms with Crippen molar-refractivity contribution in [3.05, 3.63) is 0 Å². The number of hydrogen-bond donors (Lipinski definition) is 3. The SMILES string of the molecule is CC(C)(C)OC(=O)N[C@H](C(=O)N1C[C@H](OC(N)=O)C[C@H]1C(N)=O)C(C)(C)C. The predicted octanol–water partition coefficient (Wildman–Crippen LogP) is 0.476. The van der Waals surface area contributed by atoms with Crippen LogP contribution in [0.5, 0.6) is 0 Å². The van der Waals surface area contributed by atoms with Gasteiger partial charge in [0.05, 0.1) is 6.54 Å². The van der Waals surface area contributed by atoms with Crippen LogP contribution in [0, 0.1) is 5.41 Å². The van der Waals surface area contributed by atoms with Gasteiger partial charge in [-0.15, -0.1) is 0 Å². The van der Waals surface area contributed by atoms with Gasteiger partial charge in [0.2, 0.25) is 11.8 Å². The summed E-state index contributed by atoms with van der Waals surface area (Å²) in [6.45, 7) is 10.4. The van der Waals surface area contributed by atoms with Crippen LogP contribution in [0.15, 0.2) is 0 Å². The largest absolute Gasteiger partial charge is 0.444 e. The molecule has 0 aromatic rings. The number of amides is 4. The van der Waals surface area contributed by atoms with Crippen LogP contribution in [-0.2, 0) is 19.1 Å². The summed E-state index contributed by atoms with van der Waals surface area (Å²) in [6, 6.07) is -1.95. The van der Waals surface area contributed by atoms with Crippen LogP contribution >= 0.6 is 0 Å². The molecule has 0 saturated carbocycles. The first-order chi connectivity index (χ1) is 12.1. The molecule has 0 radical (unpaired) electrons. The zero-order chi connectivity index (χ0) is 21.2. The van der Waals surface area contributed by atoms with Gasteiger partial charge in [0, 0.05) is 6.42 Å². The third kappa shape index (κ3) is 6.61. The molecule has 0 aromatic carbocycles. The van der Waals surface area contributed by atoms with Gasteiger partial charge in [0.15, 0.2) is 0 Å². The summed E-state index contributed by atoms with van der Waals surface area (Å²) < 4.78 is 10.1. The Morgan fingerprint density at radius 1 is 1.07 bits per heavy atom. The van der Waals surface area contributed by atoms with Crippen molar-refractivity contribution in [1.82, 2.24) is 10.2 Å². The smallest absolute Gasteiger partial charge is 0.408 e. The van der Waals surface area contributed by atoms with Crippen LogP contribution in [-0.4, -0.2) is 59.2 Å². The van der Waals surface area contributed by atoms with Gasteiger partial charge in [-0.25, -0.2) is 9.59 Å². The minimum absolute atomic E-state index is 0.0437. The van der Waals surface area contributed by atoms with Gasteiger partial charge in [-0.3, -0.25) is 9.59 Å². The van der Waals surface area contributed by atoms with Gasteiger partial charge in [0.25, 0.3) is 0 Å². The Morgan fingerprint density at radius 2 is 1.63 bits per heavy atom. The number of likely N-dealkylation sites (tertiary alicyclic amines) is 1. The molecule has 1 aliphatic heterocycles. The Hall–Kier alpha value is -2.52. The number of primary amides is 2. The van der Waals surface area contributed by atoms with Crippen molar-refractivity contribution in [3.8, 4) is 0 Å². The molecule has 1 aliphatic rings. The van der Waals surface area contributed by atoms with E-state index >= 15 is 0 Å². The van der Waals surface area contributed by atoms with Gasteiger partial charge in [-0.2, -0.15) is 0 Å². The number of carbonyl (C=O) groups is 4. The maximum absolute atomic E-state index is 13.1. The minimum atomic E-state index is -1.00. The van der Waals surface area contributed by atoms with Crippen molar-refractivity contribution < 1.29 is 28.7 Å². The highest BCUT2D eigenvalue weighted by atomic mass is 16.6. The fraction of sp³-hybridized carbons (Fsp3) is 0.765. The Balaban J connectivity index is 3.04. The maximum Gasteiger partial charge on any atom is 0.408 e. The third-order valence-electron chi connectivity index (χ3n) is 3.93. The molecule has 154 valence electrons. The van der Waals surface area contributed by atoms with E-state index in [2.05, 4.69) is 5.32 Å². The van der Waals surface area contributed by atoms with E-state index in [0.717, 1.165) is 0 Å². The molecule has 1 rings (SSSR count). The van der Waals surface area contributed by atoms with Gasteiger partial charge in [0.1, 0.15) is 23.8 Å². The second-order valence-corrected chi connectivity index (χ2v) is 8.65. The first-order valence-electron chi connectivity index (χ1n) is 8.67. The van der Waals surface area contributed by atoms with Gasteiger partial charge in [-0.05, 0) is 26.2 Å². The molecule has 5 N–H and O–H groups in total. The van der Waals surface area contributed by atoms with E-state index in [0.29, 0.717) is 0 Å². The Kier molecular flexibility index (Phi) is 6.68. The molecule has 10 nitrogen and oxygen atoms in total. The number of nitrogens with zero attached hydrogens (tertiary/aromatic N) is 1. The molecule has 1 fully saturated rings. The Bertz CT molecular complexity index is 608. The topological polar surface area (TPSA) is 154 Å². The van der Waals surface area contributed by atoms with Crippen LogP contribution in [0.1, 0.15) is 48.0 Å². The molecular weight excluding hydrogens is 356 g/mol. The van der Waals surface area contributed by atoms with E-state index in [1.165, 1.54) is 4.90 Å². The fourth-order valence-electron chi connectivity index (χ4n) is 2.80. The molecule has 0 aliphatic carbocycles. The summed E-state index contributed by atoms with van der Waals surface area (Å²) in [7, 11) is 0. The molecular formula is C17H30N4O6. The standard InChI is InChI=1S/C17H30N4O6/c1-16(2,3)11(20-15(25)27-17(4,5)6)13(23)21-8-9(26-14(19)24)7-10(21)12(18)22/h9-11H,7-8H2,1-6H3,(H2,18,22)(H2,19,24)(H,20,25)/t9-,10+,11-/m1/s1. The van der Waals surface area contributed by atoms with E-state index in [4.69, 9.17) is 20.9 Å². The number of nitrogens with two attached hydrogens (primary N) is 2. The molecule has 1 saturated heterocycles. The number of hydrogen-bond acceptors (Lipinski definition) is 6. The summed E-state index contributed by atoms with van der Waals surface area (Å²) in [5.41, 5.74) is 8.99. The number of carbonyl (C=O) groups excluding carboxylic acids is 4. The van der Waals surface area contributed by atoms with Crippen molar-refractivity contribution in [2.45, 2.75) is 71.8 Å². The van der Waals surface area contributed by atoms with Crippen molar-refractivity contribution in [2.24, 2.45) is 16.9 Å². The monoisotopic (exact) mass is 386 g/mol. The molecule has 0 spiro atoms. The Labute approximate surface area is 158 Å². The predicted molar refractivity (Wildman–Crippen MR) is 96.4 cm³/mol.